The second-order valence-corrected chi connectivity index (χ2v) is 17.0. The first-order valence-electron chi connectivity index (χ1n) is 23.0. The van der Waals surface area contributed by atoms with Gasteiger partial charge in [0.15, 0.2) is 0 Å². The highest BCUT2D eigenvalue weighted by molar-refractivity contribution is 5.94. The van der Waals surface area contributed by atoms with E-state index in [2.05, 4.69) is 59.2 Å². The topological polar surface area (TPSA) is 132 Å². The number of hydrogen-bond acceptors (Lipinski definition) is 9. The van der Waals surface area contributed by atoms with Crippen LogP contribution >= 0.6 is 0 Å². The number of nitrogens with two attached hydrogens (primary N) is 1. The molecule has 9 rings (SSSR count). The Bertz CT molecular complexity index is 2400. The van der Waals surface area contributed by atoms with Gasteiger partial charge < -0.3 is 30.6 Å². The molecule has 3 aliphatic rings. The van der Waals surface area contributed by atoms with Crippen LogP contribution in [0, 0.1) is 0 Å². The number of rotatable bonds is 19. The molecule has 0 bridgehead atoms. The normalized spacial score (nSPS) is 13.8. The quantitative estimate of drug-likeness (QED) is 0.0414. The number of carbonyl (C=O) groups is 3. The smallest absolute Gasteiger partial charge is 0.420 e. The Kier molecular flexibility index (Phi) is 13.8. The molecule has 0 aliphatic heterocycles. The number of benzene rings is 6. The Hall–Kier alpha value is -6.59. The summed E-state index contributed by atoms with van der Waals surface area (Å²) in [6.07, 6.45) is 0.934. The maximum atomic E-state index is 14.7. The summed E-state index contributed by atoms with van der Waals surface area (Å²) in [4.78, 5) is 45.0. The van der Waals surface area contributed by atoms with Gasteiger partial charge in [0.2, 0.25) is 0 Å². The maximum Gasteiger partial charge on any atom is 0.420 e. The van der Waals surface area contributed by atoms with Crippen molar-refractivity contribution in [3.63, 3.8) is 0 Å². The van der Waals surface area contributed by atoms with Gasteiger partial charge in [-0.2, -0.15) is 4.90 Å². The van der Waals surface area contributed by atoms with Crippen LogP contribution in [0.5, 0.6) is 0 Å². The van der Waals surface area contributed by atoms with E-state index in [1.165, 1.54) is 0 Å². The third-order valence-electron chi connectivity index (χ3n) is 13.1. The van der Waals surface area contributed by atoms with E-state index in [0.717, 1.165) is 104 Å². The summed E-state index contributed by atoms with van der Waals surface area (Å²) in [6.45, 7) is 3.36. The fourth-order valence-corrected chi connectivity index (χ4v) is 9.93. The highest BCUT2D eigenvalue weighted by Crippen LogP contribution is 2.47. The molecule has 2 amide bonds. The predicted octanol–water partition coefficient (Wildman–Crippen LogP) is 9.61. The number of esters is 1. The molecule has 0 radical (unpaired) electrons. The van der Waals surface area contributed by atoms with Crippen molar-refractivity contribution in [2.75, 3.05) is 52.5 Å². The van der Waals surface area contributed by atoms with Crippen molar-refractivity contribution in [2.24, 2.45) is 5.73 Å². The summed E-state index contributed by atoms with van der Waals surface area (Å²) in [5.41, 5.74) is 18.4. The summed E-state index contributed by atoms with van der Waals surface area (Å²) in [6, 6.07) is 47.2. The third kappa shape index (κ3) is 9.20. The average Bonchev–Trinajstić information content (AvgIpc) is 3.97. The minimum atomic E-state index is -1.35. The van der Waals surface area contributed by atoms with Gasteiger partial charge in [0, 0.05) is 17.8 Å². The molecule has 332 valence electrons. The minimum Gasteiger partial charge on any atom is -0.463 e. The molecular weight excluding hydrogens is 813 g/mol. The number of amides is 2. The molecule has 4 N–H and O–H groups in total. The van der Waals surface area contributed by atoms with Crippen molar-refractivity contribution < 1.29 is 28.6 Å². The van der Waals surface area contributed by atoms with E-state index in [1.807, 2.05) is 97.1 Å². The maximum absolute atomic E-state index is 14.7. The Morgan fingerprint density at radius 1 is 0.446 bits per heavy atom. The number of imide groups is 1. The monoisotopic (exact) mass is 868 g/mol. The Morgan fingerprint density at radius 3 is 1.11 bits per heavy atom. The molecule has 3 aliphatic carbocycles. The lowest BCUT2D eigenvalue weighted by atomic mass is 9.98. The van der Waals surface area contributed by atoms with Crippen LogP contribution < -0.4 is 16.4 Å². The van der Waals surface area contributed by atoms with Crippen molar-refractivity contribution in [3.05, 3.63) is 179 Å². The second kappa shape index (κ2) is 20.5. The van der Waals surface area contributed by atoms with E-state index in [4.69, 9.17) is 19.9 Å². The molecule has 10 nitrogen and oxygen atoms in total. The zero-order chi connectivity index (χ0) is 44.5. The molecule has 0 aromatic heterocycles. The molecule has 6 aromatic carbocycles. The fraction of sp³-hybridized carbons (Fsp3) is 0.291. The van der Waals surface area contributed by atoms with E-state index in [1.54, 1.807) is 0 Å². The standard InChI is InChI=1S/C55H56N4O6/c56-29-15-32-57-30-13-14-31-58-33-28-52(53(60)63-34-49-43-22-7-1-16-37(43)38-17-2-8-23-44(38)49)59(54(61)64-35-50-45-24-9-3-18-39(45)40-19-4-10-25-46(40)50)55(62)65-36-51-47-26-11-5-20-41(47)42-21-6-12-27-48(42)51/h1-12,16-27,49-52,57-58H,13-15,28-36,56H2. The SMILES string of the molecule is NCCCNCCCCNCCC(C(=O)OCC1c2ccccc2-c2ccccc21)N(C(=O)OCC1c2ccccc2-c2ccccc21)C(=O)OCC1c2ccccc2-c2ccccc21. The third-order valence-corrected chi connectivity index (χ3v) is 13.1. The predicted molar refractivity (Wildman–Crippen MR) is 254 cm³/mol. The highest BCUT2D eigenvalue weighted by atomic mass is 16.6. The molecule has 0 heterocycles. The molecule has 0 fully saturated rings. The number of carbonyl (C=O) groups excluding carboxylic acids is 3. The molecule has 0 saturated carbocycles. The van der Waals surface area contributed by atoms with Crippen LogP contribution in [0.2, 0.25) is 0 Å². The van der Waals surface area contributed by atoms with Crippen molar-refractivity contribution >= 4 is 18.2 Å². The molecule has 1 unspecified atom stereocenters. The van der Waals surface area contributed by atoms with Crippen LogP contribution in [0.15, 0.2) is 146 Å². The first-order valence-corrected chi connectivity index (χ1v) is 23.0. The summed E-state index contributed by atoms with van der Waals surface area (Å²) < 4.78 is 18.5. The van der Waals surface area contributed by atoms with E-state index in [-0.39, 0.29) is 44.0 Å². The zero-order valence-corrected chi connectivity index (χ0v) is 36.6. The molecule has 0 saturated heterocycles. The summed E-state index contributed by atoms with van der Waals surface area (Å²) in [7, 11) is 0. The van der Waals surface area contributed by atoms with E-state index < -0.39 is 24.2 Å². The first kappa shape index (κ1) is 43.7. The lowest BCUT2D eigenvalue weighted by molar-refractivity contribution is -0.149. The van der Waals surface area contributed by atoms with Crippen LogP contribution in [0.25, 0.3) is 33.4 Å². The van der Waals surface area contributed by atoms with Crippen LogP contribution in [-0.2, 0) is 19.0 Å². The van der Waals surface area contributed by atoms with Crippen LogP contribution in [0.4, 0.5) is 9.59 Å². The van der Waals surface area contributed by atoms with Gasteiger partial charge in [-0.25, -0.2) is 14.4 Å². The molecular formula is C55H56N4O6. The Morgan fingerprint density at radius 2 is 0.754 bits per heavy atom. The van der Waals surface area contributed by atoms with Gasteiger partial charge in [0.1, 0.15) is 25.9 Å². The number of unbranched alkanes of at least 4 members (excludes halogenated alkanes) is 1. The van der Waals surface area contributed by atoms with Crippen LogP contribution in [0.3, 0.4) is 0 Å². The second-order valence-electron chi connectivity index (χ2n) is 17.0. The van der Waals surface area contributed by atoms with Gasteiger partial charge in [-0.15, -0.1) is 0 Å². The summed E-state index contributed by atoms with van der Waals surface area (Å²) >= 11 is 0. The number of ether oxygens (including phenoxy) is 3. The number of fused-ring (bicyclic) bond motifs is 9. The van der Waals surface area contributed by atoms with Gasteiger partial charge in [-0.1, -0.05) is 146 Å². The minimum absolute atomic E-state index is 0.0250. The molecule has 1 atom stereocenters. The fourth-order valence-electron chi connectivity index (χ4n) is 9.93. The van der Waals surface area contributed by atoms with Crippen LogP contribution in [0.1, 0.15) is 76.8 Å². The van der Waals surface area contributed by atoms with Crippen molar-refractivity contribution in [3.8, 4) is 33.4 Å². The first-order chi connectivity index (χ1) is 32.0. The number of nitrogens with one attached hydrogen (secondary N) is 2. The molecule has 0 spiro atoms. The van der Waals surface area contributed by atoms with Crippen LogP contribution in [-0.4, -0.2) is 81.6 Å². The van der Waals surface area contributed by atoms with Gasteiger partial charge in [-0.3, -0.25) is 0 Å². The summed E-state index contributed by atoms with van der Waals surface area (Å²) in [5.74, 6) is -1.47. The zero-order valence-electron chi connectivity index (χ0n) is 36.6. The highest BCUT2D eigenvalue weighted by Gasteiger charge is 2.41. The van der Waals surface area contributed by atoms with Crippen molar-refractivity contribution in [2.45, 2.75) is 49.5 Å². The van der Waals surface area contributed by atoms with Gasteiger partial charge in [0.25, 0.3) is 0 Å². The van der Waals surface area contributed by atoms with Crippen molar-refractivity contribution in [1.82, 2.24) is 15.5 Å². The lowest BCUT2D eigenvalue weighted by Crippen LogP contribution is -2.51. The summed E-state index contributed by atoms with van der Waals surface area (Å²) in [5, 5.41) is 6.85. The molecule has 6 aromatic rings. The van der Waals surface area contributed by atoms with Gasteiger partial charge in [0.05, 0.1) is 0 Å². The largest absolute Gasteiger partial charge is 0.463 e. The van der Waals surface area contributed by atoms with E-state index >= 15 is 0 Å². The van der Waals surface area contributed by atoms with E-state index in [0.29, 0.717) is 19.6 Å². The van der Waals surface area contributed by atoms with E-state index in [9.17, 15) is 14.4 Å². The molecule has 10 heteroatoms. The number of nitrogens with zero attached hydrogens (tertiary/aromatic N) is 1. The Balaban J connectivity index is 0.981. The molecule has 65 heavy (non-hydrogen) atoms. The average molecular weight is 869 g/mol. The van der Waals surface area contributed by atoms with Gasteiger partial charge in [-0.05, 0) is 125 Å². The van der Waals surface area contributed by atoms with Gasteiger partial charge >= 0.3 is 18.2 Å². The number of hydrogen-bond donors (Lipinski definition) is 3. The Labute approximate surface area is 381 Å². The lowest BCUT2D eigenvalue weighted by Gasteiger charge is -2.29. The van der Waals surface area contributed by atoms with Crippen molar-refractivity contribution in [1.29, 1.82) is 0 Å².